The van der Waals surface area contributed by atoms with Crippen molar-refractivity contribution < 1.29 is 39.9 Å². The van der Waals surface area contributed by atoms with Gasteiger partial charge in [-0.3, -0.25) is 9.59 Å². The minimum absolute atomic E-state index is 0.107. The monoisotopic (exact) mass is 440 g/mol. The Morgan fingerprint density at radius 3 is 2.28 bits per heavy atom. The Kier molecular flexibility index (Phi) is 5.92. The number of rotatable bonds is 6. The Labute approximate surface area is 184 Å². The molecule has 2 aromatic carbocycles. The van der Waals surface area contributed by atoms with E-state index in [0.717, 1.165) is 12.1 Å². The lowest BCUT2D eigenvalue weighted by molar-refractivity contribution is 0.0470. The summed E-state index contributed by atoms with van der Waals surface area (Å²) in [6.45, 7) is 4.96. The third-order valence-corrected chi connectivity index (χ3v) is 5.41. The number of hydrogen-bond acceptors (Lipinski definition) is 8. The molecule has 1 atom stereocenters. The average Bonchev–Trinajstić information content (AvgIpc) is 3.05. The normalized spacial score (nSPS) is 14.5. The number of benzene rings is 2. The van der Waals surface area contributed by atoms with Crippen LogP contribution in [0.5, 0.6) is 34.5 Å². The van der Waals surface area contributed by atoms with E-state index < -0.39 is 40.1 Å². The van der Waals surface area contributed by atoms with Gasteiger partial charge in [-0.1, -0.05) is 13.3 Å². The second-order valence-corrected chi connectivity index (χ2v) is 7.79. The molecule has 0 saturated carbocycles. The summed E-state index contributed by atoms with van der Waals surface area (Å²) in [4.78, 5) is 25.9. The van der Waals surface area contributed by atoms with Gasteiger partial charge in [-0.25, -0.2) is 0 Å². The van der Waals surface area contributed by atoms with Crippen LogP contribution < -0.4 is 4.74 Å². The molecule has 0 radical (unpaired) electrons. The Morgan fingerprint density at radius 2 is 1.72 bits per heavy atom. The number of carbonyl (C=O) groups is 2. The molecule has 1 unspecified atom stereocenters. The molecule has 32 heavy (non-hydrogen) atoms. The molecule has 3 rings (SSSR count). The fraction of sp³-hybridized carbons (Fsp3) is 0.292. The molecule has 0 saturated heterocycles. The molecule has 1 aliphatic carbocycles. The van der Waals surface area contributed by atoms with Gasteiger partial charge in [-0.15, -0.1) is 5.73 Å². The molecule has 0 bridgehead atoms. The Morgan fingerprint density at radius 1 is 1.09 bits per heavy atom. The van der Waals surface area contributed by atoms with Crippen LogP contribution in [0.25, 0.3) is 0 Å². The van der Waals surface area contributed by atoms with Crippen molar-refractivity contribution in [2.45, 2.75) is 45.6 Å². The molecular weight excluding hydrogens is 416 g/mol. The SMILES string of the molecule is CC=C=C1Cc2c(cc(OC(C)(CCC)C(=O)c3cc(O)c(O)c(O)c3)c(O)c2O)C1=O. The van der Waals surface area contributed by atoms with E-state index >= 15 is 0 Å². The summed E-state index contributed by atoms with van der Waals surface area (Å²) < 4.78 is 5.87. The van der Waals surface area contributed by atoms with Crippen molar-refractivity contribution in [1.29, 1.82) is 0 Å². The molecule has 1 aliphatic rings. The van der Waals surface area contributed by atoms with E-state index in [1.807, 2.05) is 0 Å². The highest BCUT2D eigenvalue weighted by molar-refractivity contribution is 6.14. The fourth-order valence-electron chi connectivity index (χ4n) is 3.81. The lowest BCUT2D eigenvalue weighted by Crippen LogP contribution is -2.41. The summed E-state index contributed by atoms with van der Waals surface area (Å²) in [5.74, 6) is -4.51. The molecule has 8 heteroatoms. The second kappa shape index (κ2) is 8.32. The Bertz CT molecular complexity index is 1160. The van der Waals surface area contributed by atoms with E-state index in [1.54, 1.807) is 19.9 Å². The summed E-state index contributed by atoms with van der Waals surface area (Å²) in [5, 5.41) is 50.1. The second-order valence-electron chi connectivity index (χ2n) is 7.79. The van der Waals surface area contributed by atoms with Gasteiger partial charge >= 0.3 is 0 Å². The highest BCUT2D eigenvalue weighted by Gasteiger charge is 2.39. The predicted octanol–water partition coefficient (Wildman–Crippen LogP) is 3.88. The molecule has 0 amide bonds. The first kappa shape index (κ1) is 22.8. The summed E-state index contributed by atoms with van der Waals surface area (Å²) in [6, 6.07) is 3.27. The minimum atomic E-state index is -1.59. The maximum Gasteiger partial charge on any atom is 0.206 e. The fourth-order valence-corrected chi connectivity index (χ4v) is 3.81. The van der Waals surface area contributed by atoms with Crippen LogP contribution >= 0.6 is 0 Å². The van der Waals surface area contributed by atoms with Crippen molar-refractivity contribution in [3.63, 3.8) is 0 Å². The average molecular weight is 440 g/mol. The van der Waals surface area contributed by atoms with Gasteiger partial charge < -0.3 is 30.3 Å². The number of hydrogen-bond donors (Lipinski definition) is 5. The molecule has 5 N–H and O–H groups in total. The molecule has 8 nitrogen and oxygen atoms in total. The standard InChI is InChI=1S/C24H24O8/c1-4-6-12-8-14-15(19(12)27)11-18(22(30)20(14)28)32-24(3,7-5-2)23(31)13-9-16(25)21(29)17(26)10-13/h4,9-11,25-26,28-30H,5,7-8H2,1-3H3. The number of fused-ring (bicyclic) bond motifs is 1. The molecule has 2 aromatic rings. The zero-order valence-electron chi connectivity index (χ0n) is 17.9. The van der Waals surface area contributed by atoms with Gasteiger partial charge in [0.25, 0.3) is 0 Å². The zero-order chi connectivity index (χ0) is 23.8. The number of ketones is 2. The molecule has 0 spiro atoms. The van der Waals surface area contributed by atoms with Crippen LogP contribution in [0.15, 0.2) is 35.6 Å². The third-order valence-electron chi connectivity index (χ3n) is 5.41. The first-order valence-corrected chi connectivity index (χ1v) is 10.1. The lowest BCUT2D eigenvalue weighted by atomic mass is 9.89. The first-order valence-electron chi connectivity index (χ1n) is 10.1. The van der Waals surface area contributed by atoms with Gasteiger partial charge in [0.1, 0.15) is 0 Å². The van der Waals surface area contributed by atoms with Crippen LogP contribution in [0, 0.1) is 0 Å². The first-order chi connectivity index (χ1) is 15.0. The van der Waals surface area contributed by atoms with E-state index in [2.05, 4.69) is 5.73 Å². The van der Waals surface area contributed by atoms with Crippen LogP contribution in [-0.4, -0.2) is 42.7 Å². The highest BCUT2D eigenvalue weighted by atomic mass is 16.5. The van der Waals surface area contributed by atoms with E-state index in [4.69, 9.17) is 4.74 Å². The van der Waals surface area contributed by atoms with E-state index in [1.165, 1.54) is 13.0 Å². The topological polar surface area (TPSA) is 145 Å². The van der Waals surface area contributed by atoms with Gasteiger partial charge in [-0.2, -0.15) is 0 Å². The van der Waals surface area contributed by atoms with Crippen molar-refractivity contribution in [1.82, 2.24) is 0 Å². The van der Waals surface area contributed by atoms with Crippen LogP contribution in [-0.2, 0) is 6.42 Å². The number of ether oxygens (including phenoxy) is 1. The summed E-state index contributed by atoms with van der Waals surface area (Å²) in [6.07, 6.45) is 2.34. The van der Waals surface area contributed by atoms with Crippen LogP contribution in [0.2, 0.25) is 0 Å². The van der Waals surface area contributed by atoms with Crippen molar-refractivity contribution >= 4 is 11.6 Å². The predicted molar refractivity (Wildman–Crippen MR) is 115 cm³/mol. The maximum absolute atomic E-state index is 13.3. The van der Waals surface area contributed by atoms with Crippen molar-refractivity contribution in [2.75, 3.05) is 0 Å². The molecule has 0 aromatic heterocycles. The van der Waals surface area contributed by atoms with E-state index in [9.17, 15) is 35.1 Å². The number of allylic oxidation sites excluding steroid dienone is 1. The number of phenols is 5. The lowest BCUT2D eigenvalue weighted by Gasteiger charge is -2.30. The zero-order valence-corrected chi connectivity index (χ0v) is 17.9. The third kappa shape index (κ3) is 3.76. The van der Waals surface area contributed by atoms with E-state index in [0.29, 0.717) is 12.0 Å². The minimum Gasteiger partial charge on any atom is -0.504 e. The molecule has 0 heterocycles. The van der Waals surface area contributed by atoms with E-state index in [-0.39, 0.29) is 41.1 Å². The summed E-state index contributed by atoms with van der Waals surface area (Å²) in [5.41, 5.74) is 1.82. The van der Waals surface area contributed by atoms with Crippen molar-refractivity contribution in [2.24, 2.45) is 0 Å². The van der Waals surface area contributed by atoms with Gasteiger partial charge in [-0.05, 0) is 44.5 Å². The van der Waals surface area contributed by atoms with Gasteiger partial charge in [0.15, 0.2) is 40.1 Å². The van der Waals surface area contributed by atoms with Crippen LogP contribution in [0.1, 0.15) is 59.9 Å². The van der Waals surface area contributed by atoms with Crippen LogP contribution in [0.3, 0.4) is 0 Å². The highest BCUT2D eigenvalue weighted by Crippen LogP contribution is 2.46. The number of phenolic OH excluding ortho intramolecular Hbond substituents is 5. The van der Waals surface area contributed by atoms with Gasteiger partial charge in [0.2, 0.25) is 11.5 Å². The largest absolute Gasteiger partial charge is 0.504 e. The Balaban J connectivity index is 2.07. The molecular formula is C24H24O8. The Hall–Kier alpha value is -3.90. The number of carbonyl (C=O) groups excluding carboxylic acids is 2. The number of Topliss-reactive ketones (excluding diaryl/α,β-unsaturated/α-hetero) is 2. The van der Waals surface area contributed by atoms with Crippen molar-refractivity contribution in [3.05, 3.63) is 52.3 Å². The van der Waals surface area contributed by atoms with Crippen LogP contribution in [0.4, 0.5) is 0 Å². The van der Waals surface area contributed by atoms with Crippen molar-refractivity contribution in [3.8, 4) is 34.5 Å². The van der Waals surface area contributed by atoms with Gasteiger partial charge in [0, 0.05) is 28.7 Å². The van der Waals surface area contributed by atoms with Gasteiger partial charge in [0.05, 0.1) is 0 Å². The molecule has 168 valence electrons. The summed E-state index contributed by atoms with van der Waals surface area (Å²) >= 11 is 0. The molecule has 0 fully saturated rings. The molecule has 0 aliphatic heterocycles. The smallest absolute Gasteiger partial charge is 0.206 e. The maximum atomic E-state index is 13.3. The quantitative estimate of drug-likeness (QED) is 0.197. The number of aromatic hydroxyl groups is 5. The summed E-state index contributed by atoms with van der Waals surface area (Å²) in [7, 11) is 0.